The van der Waals surface area contributed by atoms with Gasteiger partial charge in [-0.1, -0.05) is 70.4 Å². The fourth-order valence-electron chi connectivity index (χ4n) is 3.57. The third-order valence-corrected chi connectivity index (χ3v) is 5.57. The molecule has 1 amide bonds. The van der Waals surface area contributed by atoms with Crippen molar-refractivity contribution in [3.05, 3.63) is 12.2 Å². The van der Waals surface area contributed by atoms with Gasteiger partial charge in [0.25, 0.3) is 0 Å². The van der Waals surface area contributed by atoms with Crippen molar-refractivity contribution in [1.29, 1.82) is 0 Å². The number of unbranched alkanes of at least 4 members (excludes halogenated alkanes) is 11. The predicted octanol–water partition coefficient (Wildman–Crippen LogP) is 3.87. The number of amides is 1. The predicted molar refractivity (Wildman–Crippen MR) is 140 cm³/mol. The van der Waals surface area contributed by atoms with Crippen LogP contribution >= 0.6 is 0 Å². The number of rotatable bonds is 26. The number of carbonyl (C=O) groups excluding carboxylic acids is 1. The Kier molecular flexibility index (Phi) is 27.2. The lowest BCUT2D eigenvalue weighted by atomic mass is 10.1. The van der Waals surface area contributed by atoms with E-state index in [1.54, 1.807) is 0 Å². The van der Waals surface area contributed by atoms with Gasteiger partial charge in [0.15, 0.2) is 0 Å². The molecule has 0 saturated carbocycles. The minimum atomic E-state index is 0.188. The maximum absolute atomic E-state index is 11.9. The van der Waals surface area contributed by atoms with E-state index >= 15 is 0 Å². The zero-order valence-electron chi connectivity index (χ0n) is 21.2. The molecule has 0 unspecified atom stereocenters. The van der Waals surface area contributed by atoms with Crippen molar-refractivity contribution >= 4 is 5.91 Å². The lowest BCUT2D eigenvalue weighted by Gasteiger charge is -2.08. The highest BCUT2D eigenvalue weighted by Gasteiger charge is 2.00. The van der Waals surface area contributed by atoms with Crippen LogP contribution in [0.25, 0.3) is 0 Å². The second-order valence-corrected chi connectivity index (χ2v) is 8.72. The number of hydrogen-bond donors (Lipinski definition) is 5. The molecule has 0 saturated heterocycles. The van der Waals surface area contributed by atoms with E-state index in [1.165, 1.54) is 77.0 Å². The lowest BCUT2D eigenvalue weighted by Crippen LogP contribution is -2.36. The number of nitrogens with two attached hydrogens (primary N) is 1. The highest BCUT2D eigenvalue weighted by atomic mass is 16.1. The summed E-state index contributed by atoms with van der Waals surface area (Å²) in [5.41, 5.74) is 5.42. The summed E-state index contributed by atoms with van der Waals surface area (Å²) in [6.07, 6.45) is 22.1. The summed E-state index contributed by atoms with van der Waals surface area (Å²) in [4.78, 5) is 11.9. The molecule has 0 radical (unpaired) electrons. The summed E-state index contributed by atoms with van der Waals surface area (Å²) in [7, 11) is 0. The highest BCUT2D eigenvalue weighted by molar-refractivity contribution is 5.75. The van der Waals surface area contributed by atoms with E-state index in [4.69, 9.17) is 5.73 Å². The molecule has 0 aromatic heterocycles. The van der Waals surface area contributed by atoms with Crippen molar-refractivity contribution in [2.24, 2.45) is 5.73 Å². The summed E-state index contributed by atoms with van der Waals surface area (Å²) in [6.45, 7) is 9.12. The molecule has 0 aliphatic heterocycles. The molecule has 0 heterocycles. The van der Waals surface area contributed by atoms with E-state index in [-0.39, 0.29) is 5.91 Å². The first kappa shape index (κ1) is 31.0. The normalized spacial score (nSPS) is 11.4. The summed E-state index contributed by atoms with van der Waals surface area (Å²) in [5.74, 6) is 0.188. The van der Waals surface area contributed by atoms with E-state index in [9.17, 15) is 4.79 Å². The quantitative estimate of drug-likeness (QED) is 0.101. The van der Waals surface area contributed by atoms with Gasteiger partial charge in [-0.2, -0.15) is 0 Å². The Morgan fingerprint density at radius 1 is 0.625 bits per heavy atom. The number of hydrogen-bond acceptors (Lipinski definition) is 5. The molecule has 6 N–H and O–H groups in total. The SMILES string of the molecule is CCCCCCCCC=CCCCCCCCC(=O)NCCNCCNCCNCCN. The minimum absolute atomic E-state index is 0.188. The maximum Gasteiger partial charge on any atom is 0.220 e. The van der Waals surface area contributed by atoms with Crippen LogP contribution in [0, 0.1) is 0 Å². The second kappa shape index (κ2) is 28.1. The highest BCUT2D eigenvalue weighted by Crippen LogP contribution is 2.09. The Balaban J connectivity index is 3.20. The third kappa shape index (κ3) is 27.1. The van der Waals surface area contributed by atoms with Gasteiger partial charge in [0.2, 0.25) is 5.91 Å². The largest absolute Gasteiger partial charge is 0.355 e. The van der Waals surface area contributed by atoms with E-state index in [2.05, 4.69) is 40.3 Å². The Labute approximate surface area is 199 Å². The Morgan fingerprint density at radius 2 is 1.09 bits per heavy atom. The molecule has 0 aliphatic carbocycles. The van der Waals surface area contributed by atoms with Gasteiger partial charge in [-0.15, -0.1) is 0 Å². The first-order valence-corrected chi connectivity index (χ1v) is 13.5. The second-order valence-electron chi connectivity index (χ2n) is 8.72. The van der Waals surface area contributed by atoms with Crippen LogP contribution in [0.1, 0.15) is 96.8 Å². The molecule has 0 aromatic carbocycles. The van der Waals surface area contributed by atoms with Gasteiger partial charge in [0.1, 0.15) is 0 Å². The fraction of sp³-hybridized carbons (Fsp3) is 0.885. The van der Waals surface area contributed by atoms with E-state index in [0.29, 0.717) is 19.5 Å². The van der Waals surface area contributed by atoms with Gasteiger partial charge in [-0.3, -0.25) is 4.79 Å². The molecule has 6 heteroatoms. The molecule has 0 aromatic rings. The van der Waals surface area contributed by atoms with Crippen LogP contribution in [-0.4, -0.2) is 58.3 Å². The number of allylic oxidation sites excluding steroid dienone is 2. The van der Waals surface area contributed by atoms with Gasteiger partial charge < -0.3 is 27.0 Å². The Hall–Kier alpha value is -0.950. The van der Waals surface area contributed by atoms with Crippen molar-refractivity contribution in [1.82, 2.24) is 21.3 Å². The van der Waals surface area contributed by atoms with Gasteiger partial charge in [-0.25, -0.2) is 0 Å². The van der Waals surface area contributed by atoms with Gasteiger partial charge >= 0.3 is 0 Å². The van der Waals surface area contributed by atoms with Crippen molar-refractivity contribution in [2.75, 3.05) is 52.4 Å². The van der Waals surface area contributed by atoms with Crippen LogP contribution in [0.3, 0.4) is 0 Å². The van der Waals surface area contributed by atoms with E-state index in [0.717, 1.165) is 45.7 Å². The third-order valence-electron chi connectivity index (χ3n) is 5.57. The lowest BCUT2D eigenvalue weighted by molar-refractivity contribution is -0.121. The average molecular weight is 454 g/mol. The molecule has 0 spiro atoms. The summed E-state index contributed by atoms with van der Waals surface area (Å²) >= 11 is 0. The first-order valence-electron chi connectivity index (χ1n) is 13.5. The zero-order valence-corrected chi connectivity index (χ0v) is 21.2. The fourth-order valence-corrected chi connectivity index (χ4v) is 3.57. The summed E-state index contributed by atoms with van der Waals surface area (Å²) in [6, 6.07) is 0. The van der Waals surface area contributed by atoms with Crippen LogP contribution in [0.4, 0.5) is 0 Å². The number of carbonyl (C=O) groups is 1. The zero-order chi connectivity index (χ0) is 23.4. The van der Waals surface area contributed by atoms with Gasteiger partial charge in [0.05, 0.1) is 0 Å². The molecule has 0 fully saturated rings. The smallest absolute Gasteiger partial charge is 0.220 e. The molecule has 0 atom stereocenters. The molecular weight excluding hydrogens is 398 g/mol. The minimum Gasteiger partial charge on any atom is -0.355 e. The molecule has 0 aliphatic rings. The first-order chi connectivity index (χ1) is 15.8. The standard InChI is InChI=1S/C26H55N5O/c1-2-3-4-5-6-7-8-9-10-11-12-13-14-15-16-17-26(32)31-25-24-30-23-22-29-21-20-28-19-18-27/h9-10,28-30H,2-8,11-25,27H2,1H3,(H,31,32). The van der Waals surface area contributed by atoms with Crippen LogP contribution in [0.2, 0.25) is 0 Å². The molecule has 32 heavy (non-hydrogen) atoms. The molecular formula is C26H55N5O. The van der Waals surface area contributed by atoms with Crippen LogP contribution in [0.15, 0.2) is 12.2 Å². The molecule has 190 valence electrons. The van der Waals surface area contributed by atoms with Crippen molar-refractivity contribution in [3.63, 3.8) is 0 Å². The summed E-state index contributed by atoms with van der Waals surface area (Å²) < 4.78 is 0. The monoisotopic (exact) mass is 453 g/mol. The van der Waals surface area contributed by atoms with Crippen LogP contribution < -0.4 is 27.0 Å². The van der Waals surface area contributed by atoms with Gasteiger partial charge in [0, 0.05) is 58.8 Å². The topological polar surface area (TPSA) is 91.2 Å². The van der Waals surface area contributed by atoms with Crippen molar-refractivity contribution < 1.29 is 4.79 Å². The maximum atomic E-state index is 11.9. The molecule has 0 bridgehead atoms. The summed E-state index contributed by atoms with van der Waals surface area (Å²) in [5, 5.41) is 13.0. The Morgan fingerprint density at radius 3 is 1.66 bits per heavy atom. The number of nitrogens with one attached hydrogen (secondary N) is 4. The van der Waals surface area contributed by atoms with E-state index in [1.807, 2.05) is 0 Å². The Bertz CT molecular complexity index is 404. The molecule has 6 nitrogen and oxygen atoms in total. The van der Waals surface area contributed by atoms with Crippen molar-refractivity contribution in [2.45, 2.75) is 96.8 Å². The van der Waals surface area contributed by atoms with Crippen LogP contribution in [0.5, 0.6) is 0 Å². The van der Waals surface area contributed by atoms with Crippen molar-refractivity contribution in [3.8, 4) is 0 Å². The van der Waals surface area contributed by atoms with Gasteiger partial charge in [-0.05, 0) is 32.1 Å². The van der Waals surface area contributed by atoms with E-state index < -0.39 is 0 Å². The molecule has 0 rings (SSSR count). The van der Waals surface area contributed by atoms with Crippen LogP contribution in [-0.2, 0) is 4.79 Å². The average Bonchev–Trinajstić information content (AvgIpc) is 2.80.